The Bertz CT molecular complexity index is 1450. The molecule has 4 aromatic rings. The lowest BCUT2D eigenvalue weighted by molar-refractivity contribution is 0.103. The molecule has 0 bridgehead atoms. The van der Waals surface area contributed by atoms with Crippen molar-refractivity contribution in [2.75, 3.05) is 6.54 Å². The molecule has 4 aromatic carbocycles. The molecule has 0 radical (unpaired) electrons. The molecule has 0 spiro atoms. The molecule has 1 fully saturated rings. The minimum atomic E-state index is -0.372. The van der Waals surface area contributed by atoms with Crippen LogP contribution in [0.1, 0.15) is 94.7 Å². The molecular formula is C38H46N2O2. The Kier molecular flexibility index (Phi) is 8.48. The van der Waals surface area contributed by atoms with E-state index >= 15 is 0 Å². The first-order valence-electron chi connectivity index (χ1n) is 15.3. The predicted molar refractivity (Wildman–Crippen MR) is 174 cm³/mol. The van der Waals surface area contributed by atoms with Crippen molar-refractivity contribution in [3.05, 3.63) is 119 Å². The molecule has 2 N–H and O–H groups in total. The van der Waals surface area contributed by atoms with Gasteiger partial charge in [0.05, 0.1) is 6.04 Å². The van der Waals surface area contributed by atoms with Gasteiger partial charge in [-0.25, -0.2) is 4.79 Å². The van der Waals surface area contributed by atoms with E-state index in [4.69, 9.17) is 4.74 Å². The summed E-state index contributed by atoms with van der Waals surface area (Å²) in [5.41, 5.74) is 6.47. The summed E-state index contributed by atoms with van der Waals surface area (Å²) in [5.74, 6) is 0.154. The van der Waals surface area contributed by atoms with Gasteiger partial charge in [0.2, 0.25) is 0 Å². The number of hydrogen-bond donors (Lipinski definition) is 2. The third-order valence-electron chi connectivity index (χ3n) is 8.68. The molecular weight excluding hydrogens is 516 g/mol. The molecule has 0 aliphatic carbocycles. The van der Waals surface area contributed by atoms with E-state index in [9.17, 15) is 4.79 Å². The van der Waals surface area contributed by atoms with Crippen molar-refractivity contribution in [2.24, 2.45) is 0 Å². The number of fused-ring (bicyclic) bond motifs is 1. The van der Waals surface area contributed by atoms with Gasteiger partial charge in [0.15, 0.2) is 0 Å². The Morgan fingerprint density at radius 2 is 1.29 bits per heavy atom. The molecule has 4 nitrogen and oxygen atoms in total. The third kappa shape index (κ3) is 6.87. The predicted octanol–water partition coefficient (Wildman–Crippen LogP) is 8.78. The summed E-state index contributed by atoms with van der Waals surface area (Å²) in [6.45, 7) is 16.1. The summed E-state index contributed by atoms with van der Waals surface area (Å²) in [4.78, 5) is 13.0. The van der Waals surface area contributed by atoms with E-state index in [1.165, 1.54) is 27.6 Å². The van der Waals surface area contributed by atoms with Gasteiger partial charge in [-0.3, -0.25) is 0 Å². The molecule has 1 saturated heterocycles. The average molecular weight is 563 g/mol. The zero-order chi connectivity index (χ0) is 30.1. The first kappa shape index (κ1) is 29.8. The third-order valence-corrected chi connectivity index (χ3v) is 8.68. The number of benzene rings is 4. The molecule has 0 saturated carbocycles. The van der Waals surface area contributed by atoms with Crippen LogP contribution < -0.4 is 10.6 Å². The lowest BCUT2D eigenvalue weighted by Crippen LogP contribution is -2.31. The fourth-order valence-corrected chi connectivity index (χ4v) is 6.04. The fraction of sp³-hybridized carbons (Fsp3) is 0.395. The second-order valence-corrected chi connectivity index (χ2v) is 14.0. The normalized spacial score (nSPS) is 18.3. The molecule has 1 amide bonds. The molecule has 4 heteroatoms. The molecule has 1 unspecified atom stereocenters. The number of hydrogen-bond acceptors (Lipinski definition) is 3. The Labute approximate surface area is 251 Å². The van der Waals surface area contributed by atoms with Crippen LogP contribution in [0, 0.1) is 0 Å². The Morgan fingerprint density at radius 3 is 1.83 bits per heavy atom. The lowest BCUT2D eigenvalue weighted by Gasteiger charge is -2.27. The monoisotopic (exact) mass is 562 g/mol. The van der Waals surface area contributed by atoms with Crippen LogP contribution >= 0.6 is 0 Å². The van der Waals surface area contributed by atoms with Gasteiger partial charge in [-0.1, -0.05) is 126 Å². The first-order valence-corrected chi connectivity index (χ1v) is 15.3. The number of carbonyl (C=O) groups is 1. The maximum atomic E-state index is 13.0. The quantitative estimate of drug-likeness (QED) is 0.247. The Hall–Kier alpha value is -3.63. The maximum Gasteiger partial charge on any atom is 0.407 e. The fourth-order valence-electron chi connectivity index (χ4n) is 6.04. The van der Waals surface area contributed by atoms with E-state index in [0.29, 0.717) is 6.54 Å². The van der Waals surface area contributed by atoms with Crippen LogP contribution in [-0.4, -0.2) is 24.8 Å². The van der Waals surface area contributed by atoms with Crippen LogP contribution in [0.15, 0.2) is 91.0 Å². The van der Waals surface area contributed by atoms with E-state index in [2.05, 4.69) is 131 Å². The minimum absolute atomic E-state index is 0.101. The largest absolute Gasteiger partial charge is 0.445 e. The van der Waals surface area contributed by atoms with Gasteiger partial charge in [0.25, 0.3) is 0 Å². The van der Waals surface area contributed by atoms with Gasteiger partial charge in [-0.15, -0.1) is 0 Å². The second kappa shape index (κ2) is 11.9. The molecule has 42 heavy (non-hydrogen) atoms. The van der Waals surface area contributed by atoms with Crippen LogP contribution in [0.4, 0.5) is 4.79 Å². The number of rotatable bonds is 6. The van der Waals surface area contributed by atoms with Gasteiger partial charge < -0.3 is 15.4 Å². The summed E-state index contributed by atoms with van der Waals surface area (Å²) in [6.07, 6.45) is 0.192. The van der Waals surface area contributed by atoms with Crippen molar-refractivity contribution in [2.45, 2.75) is 89.8 Å². The number of nitrogens with one attached hydrogen (secondary N) is 2. The molecule has 1 aliphatic heterocycles. The van der Waals surface area contributed by atoms with Crippen molar-refractivity contribution >= 4 is 16.9 Å². The smallest absolute Gasteiger partial charge is 0.407 e. The zero-order valence-electron chi connectivity index (χ0n) is 26.2. The lowest BCUT2D eigenvalue weighted by atomic mass is 9.80. The van der Waals surface area contributed by atoms with Gasteiger partial charge in [0.1, 0.15) is 6.10 Å². The van der Waals surface area contributed by atoms with Crippen molar-refractivity contribution in [1.29, 1.82) is 0 Å². The van der Waals surface area contributed by atoms with Crippen molar-refractivity contribution in [1.82, 2.24) is 10.6 Å². The minimum Gasteiger partial charge on any atom is -0.445 e. The summed E-state index contributed by atoms with van der Waals surface area (Å²) in [5, 5.41) is 9.10. The maximum absolute atomic E-state index is 13.0. The average Bonchev–Trinajstić information content (AvgIpc) is 3.40. The number of amides is 1. The summed E-state index contributed by atoms with van der Waals surface area (Å²) >= 11 is 0. The van der Waals surface area contributed by atoms with Crippen molar-refractivity contribution < 1.29 is 9.53 Å². The van der Waals surface area contributed by atoms with Gasteiger partial charge in [-0.2, -0.15) is 0 Å². The SMILES string of the molecule is C[C@@H](NC(=O)O[C@H]1CNC(C(c2ccc(C(C)(C)C)cc2)c2ccc(C(C)(C)C)cc2)C1)c1ccc2ccccc2c1. The Balaban J connectivity index is 1.29. The molecule has 1 heterocycles. The molecule has 5 rings (SSSR count). The second-order valence-electron chi connectivity index (χ2n) is 14.0. The van der Waals surface area contributed by atoms with Crippen molar-refractivity contribution in [3.8, 4) is 0 Å². The van der Waals surface area contributed by atoms with Crippen LogP contribution in [0.2, 0.25) is 0 Å². The zero-order valence-corrected chi connectivity index (χ0v) is 26.2. The van der Waals surface area contributed by atoms with Gasteiger partial charge >= 0.3 is 6.09 Å². The van der Waals surface area contributed by atoms with Crippen LogP contribution in [0.5, 0.6) is 0 Å². The van der Waals surface area contributed by atoms with Crippen LogP contribution in [0.25, 0.3) is 10.8 Å². The van der Waals surface area contributed by atoms with Crippen LogP contribution in [0.3, 0.4) is 0 Å². The Morgan fingerprint density at radius 1 is 0.762 bits per heavy atom. The first-order chi connectivity index (χ1) is 19.9. The molecule has 3 atom stereocenters. The highest BCUT2D eigenvalue weighted by molar-refractivity contribution is 5.83. The standard InChI is InChI=1S/C38H46N2O2/c1-25(29-13-12-26-10-8-9-11-30(26)22-29)40-36(41)42-33-23-34(39-24-33)35(27-14-18-31(19-15-27)37(2,3)4)28-16-20-32(21-17-28)38(5,6)7/h8-22,25,33-35,39H,23-24H2,1-7H3,(H,40,41)/t25-,33-,34?/m1/s1. The van der Waals surface area contributed by atoms with E-state index < -0.39 is 0 Å². The summed E-state index contributed by atoms with van der Waals surface area (Å²) in [6, 6.07) is 32.7. The van der Waals surface area contributed by atoms with Crippen LogP contribution in [-0.2, 0) is 15.6 Å². The van der Waals surface area contributed by atoms with E-state index in [1.807, 2.05) is 19.1 Å². The van der Waals surface area contributed by atoms with E-state index in [0.717, 1.165) is 17.4 Å². The topological polar surface area (TPSA) is 50.4 Å². The highest BCUT2D eigenvalue weighted by Crippen LogP contribution is 2.35. The molecule has 220 valence electrons. The number of carbonyl (C=O) groups excluding carboxylic acids is 1. The van der Waals surface area contributed by atoms with Gasteiger partial charge in [0, 0.05) is 24.9 Å². The van der Waals surface area contributed by atoms with E-state index in [-0.39, 0.29) is 41.0 Å². The van der Waals surface area contributed by atoms with E-state index in [1.54, 1.807) is 0 Å². The molecule has 0 aromatic heterocycles. The summed E-state index contributed by atoms with van der Waals surface area (Å²) < 4.78 is 5.96. The highest BCUT2D eigenvalue weighted by atomic mass is 16.6. The number of ether oxygens (including phenoxy) is 1. The number of alkyl carbamates (subject to hydrolysis) is 1. The van der Waals surface area contributed by atoms with Gasteiger partial charge in [-0.05, 0) is 62.4 Å². The molecule has 1 aliphatic rings. The summed E-state index contributed by atoms with van der Waals surface area (Å²) in [7, 11) is 0. The van der Waals surface area contributed by atoms with Crippen molar-refractivity contribution in [3.63, 3.8) is 0 Å². The highest BCUT2D eigenvalue weighted by Gasteiger charge is 2.35.